The molecule has 0 saturated heterocycles. The Hall–Kier alpha value is -5.14. The van der Waals surface area contributed by atoms with Crippen molar-refractivity contribution in [2.45, 2.75) is 19.8 Å². The van der Waals surface area contributed by atoms with Gasteiger partial charge in [0, 0.05) is 16.5 Å². The van der Waals surface area contributed by atoms with Crippen molar-refractivity contribution < 1.29 is 0 Å². The van der Waals surface area contributed by atoms with E-state index in [1.807, 2.05) is 0 Å². The summed E-state index contributed by atoms with van der Waals surface area (Å²) in [6, 6.07) is 53.7. The molecule has 0 spiro atoms. The summed E-state index contributed by atoms with van der Waals surface area (Å²) in [6.07, 6.45) is 0. The predicted octanol–water partition coefficient (Wildman–Crippen LogP) is 12.0. The smallest absolute Gasteiger partial charge is 0.0546 e. The lowest BCUT2D eigenvalue weighted by atomic mass is 9.96. The zero-order valence-electron chi connectivity index (χ0n) is 23.9. The first-order valence-corrected chi connectivity index (χ1v) is 14.8. The Labute approximate surface area is 246 Å². The SMILES string of the molecule is CC(C)c1ccc2cc(N(c3cc4ccccc4c4ccccc34)c3cc4ccccc4c4ccccc34)ccc2c1. The van der Waals surface area contributed by atoms with Crippen molar-refractivity contribution in [3.63, 3.8) is 0 Å². The van der Waals surface area contributed by atoms with Crippen molar-refractivity contribution >= 4 is 70.9 Å². The lowest BCUT2D eigenvalue weighted by Gasteiger charge is -2.29. The summed E-state index contributed by atoms with van der Waals surface area (Å²) in [5.74, 6) is 0.499. The van der Waals surface area contributed by atoms with Gasteiger partial charge in [0.2, 0.25) is 0 Å². The minimum Gasteiger partial charge on any atom is -0.309 e. The topological polar surface area (TPSA) is 3.24 Å². The molecule has 0 aliphatic carbocycles. The third kappa shape index (κ3) is 3.93. The molecule has 8 aromatic carbocycles. The van der Waals surface area contributed by atoms with Crippen molar-refractivity contribution in [3.8, 4) is 0 Å². The van der Waals surface area contributed by atoms with Crippen LogP contribution in [0.3, 0.4) is 0 Å². The zero-order chi connectivity index (χ0) is 28.2. The fourth-order valence-corrected chi connectivity index (χ4v) is 6.60. The summed E-state index contributed by atoms with van der Waals surface area (Å²) >= 11 is 0. The number of rotatable bonds is 4. The van der Waals surface area contributed by atoms with Gasteiger partial charge in [0.05, 0.1) is 11.4 Å². The zero-order valence-corrected chi connectivity index (χ0v) is 23.9. The summed E-state index contributed by atoms with van der Waals surface area (Å²) in [4.78, 5) is 2.49. The maximum absolute atomic E-state index is 2.49. The molecular formula is C41H31N. The Kier molecular flexibility index (Phi) is 5.72. The van der Waals surface area contributed by atoms with E-state index in [2.05, 4.69) is 164 Å². The van der Waals surface area contributed by atoms with Crippen LogP contribution in [0.4, 0.5) is 17.1 Å². The van der Waals surface area contributed by atoms with E-state index < -0.39 is 0 Å². The highest BCUT2D eigenvalue weighted by molar-refractivity contribution is 6.18. The third-order valence-electron chi connectivity index (χ3n) is 8.75. The first-order valence-electron chi connectivity index (χ1n) is 14.8. The van der Waals surface area contributed by atoms with Crippen LogP contribution in [-0.4, -0.2) is 0 Å². The lowest BCUT2D eigenvalue weighted by molar-refractivity contribution is 0.869. The van der Waals surface area contributed by atoms with Gasteiger partial charge >= 0.3 is 0 Å². The largest absolute Gasteiger partial charge is 0.309 e. The predicted molar refractivity (Wildman–Crippen MR) is 183 cm³/mol. The number of fused-ring (bicyclic) bond motifs is 7. The minimum atomic E-state index is 0.499. The third-order valence-corrected chi connectivity index (χ3v) is 8.75. The summed E-state index contributed by atoms with van der Waals surface area (Å²) < 4.78 is 0. The van der Waals surface area contributed by atoms with Crippen molar-refractivity contribution in [3.05, 3.63) is 151 Å². The molecule has 0 aromatic heterocycles. The van der Waals surface area contributed by atoms with E-state index in [9.17, 15) is 0 Å². The van der Waals surface area contributed by atoms with Gasteiger partial charge in [0.1, 0.15) is 0 Å². The first kappa shape index (κ1) is 24.6. The average Bonchev–Trinajstić information content (AvgIpc) is 3.04. The quantitative estimate of drug-likeness (QED) is 0.202. The molecular weight excluding hydrogens is 506 g/mol. The Bertz CT molecular complexity index is 2170. The van der Waals surface area contributed by atoms with E-state index in [0.29, 0.717) is 5.92 Å². The highest BCUT2D eigenvalue weighted by Crippen LogP contribution is 2.46. The van der Waals surface area contributed by atoms with Crippen molar-refractivity contribution in [1.29, 1.82) is 0 Å². The second-order valence-corrected chi connectivity index (χ2v) is 11.6. The molecule has 0 fully saturated rings. The fourth-order valence-electron chi connectivity index (χ4n) is 6.60. The van der Waals surface area contributed by atoms with Gasteiger partial charge in [-0.1, -0.05) is 135 Å². The van der Waals surface area contributed by atoms with Crippen molar-refractivity contribution in [1.82, 2.24) is 0 Å². The molecule has 200 valence electrons. The molecule has 8 rings (SSSR count). The van der Waals surface area contributed by atoms with Gasteiger partial charge < -0.3 is 4.90 Å². The molecule has 0 N–H and O–H groups in total. The fraction of sp³-hybridized carbons (Fsp3) is 0.0732. The monoisotopic (exact) mass is 537 g/mol. The lowest BCUT2D eigenvalue weighted by Crippen LogP contribution is -2.11. The van der Waals surface area contributed by atoms with E-state index in [1.54, 1.807) is 0 Å². The highest BCUT2D eigenvalue weighted by atomic mass is 15.1. The number of hydrogen-bond donors (Lipinski definition) is 0. The second-order valence-electron chi connectivity index (χ2n) is 11.6. The number of nitrogens with zero attached hydrogens (tertiary/aromatic N) is 1. The Balaban J connectivity index is 1.49. The van der Waals surface area contributed by atoms with Crippen molar-refractivity contribution in [2.75, 3.05) is 4.90 Å². The van der Waals surface area contributed by atoms with Crippen LogP contribution in [0.15, 0.2) is 146 Å². The standard InChI is InChI=1S/C41H31N/c1-27(2)28-19-20-30-24-33(22-21-29(30)23-28)42(40-25-31-11-3-5-13-34(31)36-15-7-9-17-38(36)40)41-26-32-12-4-6-14-35(32)37-16-8-10-18-39(37)41/h3-27H,1-2H3. The number of anilines is 3. The summed E-state index contributed by atoms with van der Waals surface area (Å²) in [5, 5.41) is 12.6. The van der Waals surface area contributed by atoms with E-state index in [1.165, 1.54) is 70.8 Å². The molecule has 0 saturated carbocycles. The van der Waals surface area contributed by atoms with Gasteiger partial charge in [-0.15, -0.1) is 0 Å². The summed E-state index contributed by atoms with van der Waals surface area (Å²) in [7, 11) is 0. The van der Waals surface area contributed by atoms with Crippen LogP contribution in [0.1, 0.15) is 25.3 Å². The maximum Gasteiger partial charge on any atom is 0.0546 e. The van der Waals surface area contributed by atoms with Crippen LogP contribution in [-0.2, 0) is 0 Å². The molecule has 0 atom stereocenters. The molecule has 0 unspecified atom stereocenters. The molecule has 0 bridgehead atoms. The normalized spacial score (nSPS) is 11.8. The average molecular weight is 538 g/mol. The molecule has 1 nitrogen and oxygen atoms in total. The van der Waals surface area contributed by atoms with Crippen LogP contribution in [0.2, 0.25) is 0 Å². The number of hydrogen-bond acceptors (Lipinski definition) is 1. The van der Waals surface area contributed by atoms with E-state index in [4.69, 9.17) is 0 Å². The Morgan fingerprint density at radius 2 is 0.833 bits per heavy atom. The van der Waals surface area contributed by atoms with E-state index in [0.717, 1.165) is 5.69 Å². The Morgan fingerprint density at radius 1 is 0.381 bits per heavy atom. The maximum atomic E-state index is 2.49. The molecule has 8 aromatic rings. The molecule has 0 aliphatic rings. The van der Waals surface area contributed by atoms with Crippen LogP contribution < -0.4 is 4.90 Å². The summed E-state index contributed by atoms with van der Waals surface area (Å²) in [6.45, 7) is 4.51. The van der Waals surface area contributed by atoms with Crippen LogP contribution in [0.25, 0.3) is 53.9 Å². The van der Waals surface area contributed by atoms with E-state index >= 15 is 0 Å². The molecule has 0 heterocycles. The van der Waals surface area contributed by atoms with Crippen LogP contribution in [0, 0.1) is 0 Å². The van der Waals surface area contributed by atoms with Gasteiger partial charge in [0.25, 0.3) is 0 Å². The Morgan fingerprint density at radius 3 is 1.38 bits per heavy atom. The van der Waals surface area contributed by atoms with Crippen LogP contribution >= 0.6 is 0 Å². The van der Waals surface area contributed by atoms with Gasteiger partial charge in [-0.05, 0) is 78.8 Å². The minimum absolute atomic E-state index is 0.499. The molecule has 0 aliphatic heterocycles. The molecule has 1 heteroatoms. The van der Waals surface area contributed by atoms with Gasteiger partial charge in [-0.25, -0.2) is 0 Å². The van der Waals surface area contributed by atoms with Gasteiger partial charge in [-0.2, -0.15) is 0 Å². The van der Waals surface area contributed by atoms with Gasteiger partial charge in [0.15, 0.2) is 0 Å². The summed E-state index contributed by atoms with van der Waals surface area (Å²) in [5.41, 5.74) is 4.89. The molecule has 42 heavy (non-hydrogen) atoms. The highest BCUT2D eigenvalue weighted by Gasteiger charge is 2.20. The first-order chi connectivity index (χ1) is 20.7. The van der Waals surface area contributed by atoms with Gasteiger partial charge in [-0.3, -0.25) is 0 Å². The van der Waals surface area contributed by atoms with Crippen molar-refractivity contribution in [2.24, 2.45) is 0 Å². The molecule has 0 amide bonds. The van der Waals surface area contributed by atoms with Crippen LogP contribution in [0.5, 0.6) is 0 Å². The number of benzene rings is 8. The van der Waals surface area contributed by atoms with E-state index in [-0.39, 0.29) is 0 Å². The second kappa shape index (κ2) is 9.75. The molecule has 0 radical (unpaired) electrons.